The maximum Gasteiger partial charge on any atom is 0.191 e. The summed E-state index contributed by atoms with van der Waals surface area (Å²) in [6.45, 7) is 1.37. The molecular weight excluding hydrogens is 330 g/mol. The average Bonchev–Trinajstić information content (AvgIpc) is 3.01. The minimum absolute atomic E-state index is 0.0742. The number of sulfone groups is 1. The highest BCUT2D eigenvalue weighted by Crippen LogP contribution is 2.08. The third-order valence-electron chi connectivity index (χ3n) is 3.15. The molecule has 0 fully saturated rings. The second kappa shape index (κ2) is 8.12. The van der Waals surface area contributed by atoms with E-state index in [9.17, 15) is 8.42 Å². The fourth-order valence-electron chi connectivity index (χ4n) is 2.05. The molecule has 0 radical (unpaired) electrons. The van der Waals surface area contributed by atoms with Crippen LogP contribution in [0.5, 0.6) is 0 Å². The molecule has 7 heteroatoms. The van der Waals surface area contributed by atoms with Gasteiger partial charge in [0.15, 0.2) is 15.8 Å². The quantitative estimate of drug-likeness (QED) is 0.618. The minimum Gasteiger partial charge on any atom is -0.352 e. The molecule has 2 rings (SSSR count). The number of nitrogens with zero attached hydrogens (tertiary/aromatic N) is 1. The zero-order valence-electron chi connectivity index (χ0n) is 13.2. The van der Waals surface area contributed by atoms with E-state index in [0.29, 0.717) is 6.54 Å². The highest BCUT2D eigenvalue weighted by atomic mass is 32.2. The lowest BCUT2D eigenvalue weighted by Gasteiger charge is -2.11. The largest absolute Gasteiger partial charge is 0.352 e. The van der Waals surface area contributed by atoms with Gasteiger partial charge in [0, 0.05) is 24.7 Å². The molecule has 0 bridgehead atoms. The van der Waals surface area contributed by atoms with Crippen LogP contribution in [0.15, 0.2) is 46.8 Å². The van der Waals surface area contributed by atoms with E-state index in [-0.39, 0.29) is 5.75 Å². The van der Waals surface area contributed by atoms with Crippen LogP contribution in [-0.2, 0) is 28.7 Å². The first kappa shape index (κ1) is 17.5. The van der Waals surface area contributed by atoms with Crippen molar-refractivity contribution in [2.75, 3.05) is 13.3 Å². The van der Waals surface area contributed by atoms with E-state index in [4.69, 9.17) is 0 Å². The van der Waals surface area contributed by atoms with Crippen LogP contribution in [0, 0.1) is 0 Å². The van der Waals surface area contributed by atoms with Gasteiger partial charge in [-0.15, -0.1) is 11.3 Å². The molecule has 23 heavy (non-hydrogen) atoms. The Labute approximate surface area is 141 Å². The maximum atomic E-state index is 11.3. The summed E-state index contributed by atoms with van der Waals surface area (Å²) in [6, 6.07) is 11.7. The van der Waals surface area contributed by atoms with E-state index < -0.39 is 9.84 Å². The number of hydrogen-bond acceptors (Lipinski definition) is 4. The van der Waals surface area contributed by atoms with Crippen LogP contribution in [0.3, 0.4) is 0 Å². The van der Waals surface area contributed by atoms with E-state index in [2.05, 4.69) is 21.7 Å². The molecule has 0 aliphatic rings. The molecule has 0 aliphatic heterocycles. The van der Waals surface area contributed by atoms with Crippen LogP contribution in [0.25, 0.3) is 0 Å². The van der Waals surface area contributed by atoms with Crippen molar-refractivity contribution in [1.82, 2.24) is 10.6 Å². The Hall–Kier alpha value is -1.86. The zero-order valence-corrected chi connectivity index (χ0v) is 14.9. The standard InChI is InChI=1S/C16H21N3O2S2/c1-17-16(19-11-15-4-3-9-22-15)18-10-13-5-7-14(8-6-13)12-23(2,20)21/h3-9H,10-12H2,1-2H3,(H2,17,18,19). The number of guanidine groups is 1. The van der Waals surface area contributed by atoms with Gasteiger partial charge in [0.05, 0.1) is 12.3 Å². The van der Waals surface area contributed by atoms with Crippen molar-refractivity contribution in [2.45, 2.75) is 18.8 Å². The second-order valence-corrected chi connectivity index (χ2v) is 8.42. The molecule has 1 aromatic heterocycles. The molecule has 0 unspecified atom stereocenters. The normalized spacial score (nSPS) is 12.2. The number of rotatable bonds is 6. The third kappa shape index (κ3) is 6.42. The number of aliphatic imine (C=N–C) groups is 1. The van der Waals surface area contributed by atoms with Crippen molar-refractivity contribution in [3.8, 4) is 0 Å². The molecule has 2 aromatic rings. The Bertz CT molecular complexity index is 736. The molecule has 1 heterocycles. The van der Waals surface area contributed by atoms with Crippen molar-refractivity contribution >= 4 is 27.1 Å². The van der Waals surface area contributed by atoms with Gasteiger partial charge in [-0.25, -0.2) is 8.42 Å². The van der Waals surface area contributed by atoms with Crippen molar-refractivity contribution in [3.63, 3.8) is 0 Å². The molecule has 5 nitrogen and oxygen atoms in total. The first-order valence-electron chi connectivity index (χ1n) is 7.19. The van der Waals surface area contributed by atoms with Gasteiger partial charge >= 0.3 is 0 Å². The summed E-state index contributed by atoms with van der Waals surface area (Å²) >= 11 is 1.70. The van der Waals surface area contributed by atoms with E-state index >= 15 is 0 Å². The third-order valence-corrected chi connectivity index (χ3v) is 4.88. The fourth-order valence-corrected chi connectivity index (χ4v) is 3.49. The average molecular weight is 351 g/mol. The van der Waals surface area contributed by atoms with E-state index in [1.165, 1.54) is 11.1 Å². The predicted molar refractivity (Wildman–Crippen MR) is 96.3 cm³/mol. The smallest absolute Gasteiger partial charge is 0.191 e. The van der Waals surface area contributed by atoms with Gasteiger partial charge in [-0.05, 0) is 22.6 Å². The number of hydrogen-bond donors (Lipinski definition) is 2. The Balaban J connectivity index is 1.84. The van der Waals surface area contributed by atoms with Gasteiger partial charge in [-0.3, -0.25) is 4.99 Å². The van der Waals surface area contributed by atoms with Gasteiger partial charge in [0.1, 0.15) is 0 Å². The lowest BCUT2D eigenvalue weighted by Crippen LogP contribution is -2.36. The molecule has 0 amide bonds. The van der Waals surface area contributed by atoms with Crippen LogP contribution in [0.2, 0.25) is 0 Å². The fraction of sp³-hybridized carbons (Fsp3) is 0.312. The van der Waals surface area contributed by atoms with Gasteiger partial charge in [0.2, 0.25) is 0 Å². The summed E-state index contributed by atoms with van der Waals surface area (Å²) in [6.07, 6.45) is 1.24. The monoisotopic (exact) mass is 351 g/mol. The molecule has 0 saturated carbocycles. The summed E-state index contributed by atoms with van der Waals surface area (Å²) in [4.78, 5) is 5.44. The summed E-state index contributed by atoms with van der Waals surface area (Å²) in [5.41, 5.74) is 1.87. The minimum atomic E-state index is -2.99. The summed E-state index contributed by atoms with van der Waals surface area (Å²) in [5, 5.41) is 8.54. The molecular formula is C16H21N3O2S2. The Morgan fingerprint density at radius 2 is 1.74 bits per heavy atom. The highest BCUT2D eigenvalue weighted by molar-refractivity contribution is 7.89. The maximum absolute atomic E-state index is 11.3. The van der Waals surface area contributed by atoms with Gasteiger partial charge in [0.25, 0.3) is 0 Å². The second-order valence-electron chi connectivity index (χ2n) is 5.25. The molecule has 124 valence electrons. The summed E-state index contributed by atoms with van der Waals surface area (Å²) in [7, 11) is -1.26. The first-order valence-corrected chi connectivity index (χ1v) is 10.1. The van der Waals surface area contributed by atoms with E-state index in [1.807, 2.05) is 35.7 Å². The zero-order chi connectivity index (χ0) is 16.7. The molecule has 2 N–H and O–H groups in total. The van der Waals surface area contributed by atoms with Gasteiger partial charge < -0.3 is 10.6 Å². The van der Waals surface area contributed by atoms with Crippen LogP contribution in [0.1, 0.15) is 16.0 Å². The van der Waals surface area contributed by atoms with Gasteiger partial charge in [-0.2, -0.15) is 0 Å². The summed E-state index contributed by atoms with van der Waals surface area (Å²) < 4.78 is 22.5. The molecule has 0 atom stereocenters. The van der Waals surface area contributed by atoms with E-state index in [0.717, 1.165) is 23.6 Å². The molecule has 1 aromatic carbocycles. The molecule has 0 saturated heterocycles. The lowest BCUT2D eigenvalue weighted by molar-refractivity contribution is 0.601. The van der Waals surface area contributed by atoms with Crippen LogP contribution in [-0.4, -0.2) is 27.7 Å². The Morgan fingerprint density at radius 3 is 2.30 bits per heavy atom. The van der Waals surface area contributed by atoms with Crippen molar-refractivity contribution in [3.05, 3.63) is 57.8 Å². The van der Waals surface area contributed by atoms with Crippen molar-refractivity contribution in [2.24, 2.45) is 4.99 Å². The molecule has 0 spiro atoms. The van der Waals surface area contributed by atoms with Crippen LogP contribution < -0.4 is 10.6 Å². The Morgan fingerprint density at radius 1 is 1.09 bits per heavy atom. The van der Waals surface area contributed by atoms with Crippen molar-refractivity contribution in [1.29, 1.82) is 0 Å². The highest BCUT2D eigenvalue weighted by Gasteiger charge is 2.04. The summed E-state index contributed by atoms with van der Waals surface area (Å²) in [5.74, 6) is 0.809. The van der Waals surface area contributed by atoms with Crippen LogP contribution in [0.4, 0.5) is 0 Å². The lowest BCUT2D eigenvalue weighted by atomic mass is 10.1. The number of thiophene rings is 1. The predicted octanol–water partition coefficient (Wildman–Crippen LogP) is 2.16. The van der Waals surface area contributed by atoms with E-state index in [1.54, 1.807) is 18.4 Å². The van der Waals surface area contributed by atoms with Crippen molar-refractivity contribution < 1.29 is 8.42 Å². The SMILES string of the molecule is CN=C(NCc1ccc(CS(C)(=O)=O)cc1)NCc1cccs1. The topological polar surface area (TPSA) is 70.6 Å². The number of benzene rings is 1. The Kier molecular flexibility index (Phi) is 6.18. The van der Waals surface area contributed by atoms with Gasteiger partial charge in [-0.1, -0.05) is 30.3 Å². The molecule has 0 aliphatic carbocycles. The van der Waals surface area contributed by atoms with Crippen LogP contribution >= 0.6 is 11.3 Å². The first-order chi connectivity index (χ1) is 11.0. The number of nitrogens with one attached hydrogen (secondary N) is 2.